The van der Waals surface area contributed by atoms with Gasteiger partial charge in [-0.1, -0.05) is 35.9 Å². The number of benzene rings is 2. The number of aliphatic imine (C=N–C) groups is 1. The van der Waals surface area contributed by atoms with Gasteiger partial charge in [0.25, 0.3) is 5.91 Å². The lowest BCUT2D eigenvalue weighted by Gasteiger charge is -2.11. The van der Waals surface area contributed by atoms with E-state index in [9.17, 15) is 4.79 Å². The van der Waals surface area contributed by atoms with Gasteiger partial charge < -0.3 is 21.1 Å². The highest BCUT2D eigenvalue weighted by atomic mass is 16.5. The summed E-state index contributed by atoms with van der Waals surface area (Å²) in [5.74, 6) is 0.184. The standard InChI is InChI=1S/C19H24N4O2/c1-14-6-5-8-15(12-14)18(24)21-10-11-22-19(20)23-17-9-4-3-7-16(17)13-25-2/h3-9,12H,10-11,13H2,1-2H3,(H,21,24)(H3,20,22,23). The summed E-state index contributed by atoms with van der Waals surface area (Å²) in [6.45, 7) is 3.25. The predicted octanol–water partition coefficient (Wildman–Crippen LogP) is 2.30. The minimum atomic E-state index is -0.115. The molecule has 0 radical (unpaired) electrons. The van der Waals surface area contributed by atoms with Crippen molar-refractivity contribution in [3.8, 4) is 0 Å². The summed E-state index contributed by atoms with van der Waals surface area (Å²) in [5.41, 5.74) is 9.45. The fourth-order valence-corrected chi connectivity index (χ4v) is 2.34. The number of carbonyl (C=O) groups excluding carboxylic acids is 1. The van der Waals surface area contributed by atoms with E-state index >= 15 is 0 Å². The van der Waals surface area contributed by atoms with Crippen molar-refractivity contribution < 1.29 is 9.53 Å². The number of amides is 1. The molecule has 0 saturated carbocycles. The van der Waals surface area contributed by atoms with Crippen LogP contribution in [0.3, 0.4) is 0 Å². The Labute approximate surface area is 148 Å². The number of nitrogens with zero attached hydrogens (tertiary/aromatic N) is 1. The van der Waals surface area contributed by atoms with E-state index in [0.29, 0.717) is 31.2 Å². The zero-order valence-corrected chi connectivity index (χ0v) is 14.6. The van der Waals surface area contributed by atoms with Crippen molar-refractivity contribution in [2.45, 2.75) is 13.5 Å². The second-order valence-corrected chi connectivity index (χ2v) is 5.61. The molecule has 4 N–H and O–H groups in total. The molecular weight excluding hydrogens is 316 g/mol. The van der Waals surface area contributed by atoms with Crippen molar-refractivity contribution in [1.82, 2.24) is 5.32 Å². The predicted molar refractivity (Wildman–Crippen MR) is 101 cm³/mol. The number of anilines is 1. The summed E-state index contributed by atoms with van der Waals surface area (Å²) in [6, 6.07) is 15.2. The SMILES string of the molecule is COCc1ccccc1NC(N)=NCCNC(=O)c1cccc(C)c1. The zero-order valence-electron chi connectivity index (χ0n) is 14.6. The Hall–Kier alpha value is -2.86. The third kappa shape index (κ3) is 5.93. The number of ether oxygens (including phenoxy) is 1. The van der Waals surface area contributed by atoms with Crippen molar-refractivity contribution >= 4 is 17.6 Å². The molecule has 2 aromatic carbocycles. The van der Waals surface area contributed by atoms with E-state index in [0.717, 1.165) is 16.8 Å². The van der Waals surface area contributed by atoms with Crippen LogP contribution in [0, 0.1) is 6.92 Å². The molecule has 0 atom stereocenters. The molecule has 0 heterocycles. The van der Waals surface area contributed by atoms with Crippen LogP contribution in [0.5, 0.6) is 0 Å². The molecule has 1 amide bonds. The molecule has 0 aliphatic carbocycles. The monoisotopic (exact) mass is 340 g/mol. The number of guanidine groups is 1. The van der Waals surface area contributed by atoms with Crippen molar-refractivity contribution in [1.29, 1.82) is 0 Å². The first-order valence-electron chi connectivity index (χ1n) is 8.09. The summed E-state index contributed by atoms with van der Waals surface area (Å²) in [7, 11) is 1.64. The van der Waals surface area contributed by atoms with Gasteiger partial charge in [0.05, 0.1) is 13.2 Å². The second kappa shape index (κ2) is 9.44. The van der Waals surface area contributed by atoms with Crippen LogP contribution in [0.2, 0.25) is 0 Å². The Morgan fingerprint density at radius 3 is 2.76 bits per heavy atom. The Morgan fingerprint density at radius 1 is 1.20 bits per heavy atom. The molecule has 6 nitrogen and oxygen atoms in total. The summed E-state index contributed by atoms with van der Waals surface area (Å²) in [6.07, 6.45) is 0. The number of methoxy groups -OCH3 is 1. The number of nitrogens with two attached hydrogens (primary N) is 1. The van der Waals surface area contributed by atoms with E-state index in [1.807, 2.05) is 49.4 Å². The van der Waals surface area contributed by atoms with Crippen LogP contribution in [-0.2, 0) is 11.3 Å². The maximum absolute atomic E-state index is 12.0. The summed E-state index contributed by atoms with van der Waals surface area (Å²) >= 11 is 0. The van der Waals surface area contributed by atoms with Crippen LogP contribution < -0.4 is 16.4 Å². The van der Waals surface area contributed by atoms with E-state index < -0.39 is 0 Å². The van der Waals surface area contributed by atoms with Crippen molar-refractivity contribution in [3.63, 3.8) is 0 Å². The number of hydrogen-bond donors (Lipinski definition) is 3. The third-order valence-corrected chi connectivity index (χ3v) is 3.54. The first-order valence-corrected chi connectivity index (χ1v) is 8.09. The number of hydrogen-bond acceptors (Lipinski definition) is 3. The Balaban J connectivity index is 1.83. The lowest BCUT2D eigenvalue weighted by molar-refractivity contribution is 0.0954. The summed E-state index contributed by atoms with van der Waals surface area (Å²) in [5, 5.41) is 5.89. The summed E-state index contributed by atoms with van der Waals surface area (Å²) in [4.78, 5) is 16.3. The molecule has 0 aromatic heterocycles. The van der Waals surface area contributed by atoms with Crippen molar-refractivity contribution in [3.05, 3.63) is 65.2 Å². The van der Waals surface area contributed by atoms with Gasteiger partial charge in [0, 0.05) is 30.5 Å². The first-order chi connectivity index (χ1) is 12.1. The largest absolute Gasteiger partial charge is 0.380 e. The van der Waals surface area contributed by atoms with E-state index in [4.69, 9.17) is 10.5 Å². The highest BCUT2D eigenvalue weighted by Crippen LogP contribution is 2.15. The third-order valence-electron chi connectivity index (χ3n) is 3.54. The number of nitrogens with one attached hydrogen (secondary N) is 2. The van der Waals surface area contributed by atoms with Gasteiger partial charge in [0.2, 0.25) is 0 Å². The highest BCUT2D eigenvalue weighted by molar-refractivity contribution is 5.94. The first kappa shape index (κ1) is 18.5. The molecule has 0 unspecified atom stereocenters. The molecule has 0 saturated heterocycles. The minimum absolute atomic E-state index is 0.115. The molecule has 6 heteroatoms. The topological polar surface area (TPSA) is 88.7 Å². The van der Waals surface area contributed by atoms with Gasteiger partial charge in [0.15, 0.2) is 5.96 Å². The molecule has 0 spiro atoms. The fraction of sp³-hybridized carbons (Fsp3) is 0.263. The lowest BCUT2D eigenvalue weighted by atomic mass is 10.1. The van der Waals surface area contributed by atoms with Crippen LogP contribution in [-0.4, -0.2) is 32.1 Å². The number of rotatable bonds is 7. The smallest absolute Gasteiger partial charge is 0.251 e. The number of carbonyl (C=O) groups is 1. The zero-order chi connectivity index (χ0) is 18.1. The number of aryl methyl sites for hydroxylation is 1. The van der Waals surface area contributed by atoms with E-state index in [1.54, 1.807) is 13.2 Å². The molecule has 0 fully saturated rings. The van der Waals surface area contributed by atoms with Crippen molar-refractivity contribution in [2.24, 2.45) is 10.7 Å². The fourth-order valence-electron chi connectivity index (χ4n) is 2.34. The second-order valence-electron chi connectivity index (χ2n) is 5.61. The molecule has 2 aromatic rings. The maximum Gasteiger partial charge on any atom is 0.251 e. The minimum Gasteiger partial charge on any atom is -0.380 e. The quantitative estimate of drug-likeness (QED) is 0.410. The van der Waals surface area contributed by atoms with E-state index in [-0.39, 0.29) is 5.91 Å². The molecule has 0 aliphatic rings. The Kier molecular flexibility index (Phi) is 6.98. The van der Waals surface area contributed by atoms with Crippen LogP contribution in [0.4, 0.5) is 5.69 Å². The molecule has 132 valence electrons. The van der Waals surface area contributed by atoms with E-state index in [2.05, 4.69) is 15.6 Å². The average molecular weight is 340 g/mol. The van der Waals surface area contributed by atoms with Gasteiger partial charge in [0.1, 0.15) is 0 Å². The molecule has 2 rings (SSSR count). The maximum atomic E-state index is 12.0. The van der Waals surface area contributed by atoms with Crippen LogP contribution >= 0.6 is 0 Å². The molecular formula is C19H24N4O2. The van der Waals surface area contributed by atoms with Gasteiger partial charge in [-0.05, 0) is 25.1 Å². The molecule has 25 heavy (non-hydrogen) atoms. The van der Waals surface area contributed by atoms with E-state index in [1.165, 1.54) is 0 Å². The van der Waals surface area contributed by atoms with Gasteiger partial charge in [-0.15, -0.1) is 0 Å². The van der Waals surface area contributed by atoms with Crippen molar-refractivity contribution in [2.75, 3.05) is 25.5 Å². The lowest BCUT2D eigenvalue weighted by Crippen LogP contribution is -2.28. The van der Waals surface area contributed by atoms with Gasteiger partial charge in [-0.25, -0.2) is 0 Å². The summed E-state index contributed by atoms with van der Waals surface area (Å²) < 4.78 is 5.16. The van der Waals surface area contributed by atoms with Crippen LogP contribution in [0.25, 0.3) is 0 Å². The molecule has 0 bridgehead atoms. The molecule has 0 aliphatic heterocycles. The highest BCUT2D eigenvalue weighted by Gasteiger charge is 2.05. The normalized spacial score (nSPS) is 11.2. The van der Waals surface area contributed by atoms with Crippen LogP contribution in [0.1, 0.15) is 21.5 Å². The van der Waals surface area contributed by atoms with Gasteiger partial charge in [-0.2, -0.15) is 0 Å². The van der Waals surface area contributed by atoms with Gasteiger partial charge >= 0.3 is 0 Å². The average Bonchev–Trinajstić information content (AvgIpc) is 2.60. The van der Waals surface area contributed by atoms with Crippen LogP contribution in [0.15, 0.2) is 53.5 Å². The Bertz CT molecular complexity index is 744. The Morgan fingerprint density at radius 2 is 2.00 bits per heavy atom. The van der Waals surface area contributed by atoms with Gasteiger partial charge in [-0.3, -0.25) is 9.79 Å². The number of para-hydroxylation sites is 1.